The topological polar surface area (TPSA) is 47.3 Å². The second-order valence-corrected chi connectivity index (χ2v) is 3.67. The molecule has 74 valence electrons. The van der Waals surface area contributed by atoms with Gasteiger partial charge in [-0.2, -0.15) is 0 Å². The summed E-state index contributed by atoms with van der Waals surface area (Å²) in [5.41, 5.74) is 1.48. The van der Waals surface area contributed by atoms with Crippen LogP contribution in [0.1, 0.15) is 52.0 Å². The number of rotatable bonds is 1. The van der Waals surface area contributed by atoms with Gasteiger partial charge in [0.05, 0.1) is 5.56 Å². The van der Waals surface area contributed by atoms with Crippen LogP contribution < -0.4 is 0 Å². The summed E-state index contributed by atoms with van der Waals surface area (Å²) in [5, 5.41) is 0. The second kappa shape index (κ2) is 3.08. The van der Waals surface area contributed by atoms with Crippen molar-refractivity contribution in [1.29, 1.82) is 0 Å². The molecular formula is C11H12O3. The zero-order chi connectivity index (χ0) is 10.3. The molecule has 14 heavy (non-hydrogen) atoms. The number of carbonyl (C=O) groups excluding carboxylic acids is 2. The molecule has 1 aliphatic rings. The van der Waals surface area contributed by atoms with E-state index in [2.05, 4.69) is 0 Å². The Bertz CT molecular complexity index is 412. The van der Waals surface area contributed by atoms with Crippen LogP contribution >= 0.6 is 0 Å². The van der Waals surface area contributed by atoms with E-state index in [1.165, 1.54) is 6.92 Å². The number of ketones is 2. The first kappa shape index (κ1) is 9.19. The SMILES string of the molecule is CC(=O)c1oc(C)c2c1CCCC2=O. The summed E-state index contributed by atoms with van der Waals surface area (Å²) in [6.07, 6.45) is 2.18. The zero-order valence-corrected chi connectivity index (χ0v) is 8.35. The van der Waals surface area contributed by atoms with Gasteiger partial charge in [0.15, 0.2) is 17.3 Å². The quantitative estimate of drug-likeness (QED) is 0.641. The molecule has 0 radical (unpaired) electrons. The summed E-state index contributed by atoms with van der Waals surface area (Å²) in [6, 6.07) is 0. The fourth-order valence-electron chi connectivity index (χ4n) is 2.03. The maximum atomic E-state index is 11.6. The Morgan fingerprint density at radius 3 is 2.71 bits per heavy atom. The number of carbonyl (C=O) groups is 2. The fraction of sp³-hybridized carbons (Fsp3) is 0.455. The lowest BCUT2D eigenvalue weighted by Gasteiger charge is -2.09. The van der Waals surface area contributed by atoms with Crippen molar-refractivity contribution in [1.82, 2.24) is 0 Å². The maximum absolute atomic E-state index is 11.6. The molecule has 0 amide bonds. The van der Waals surface area contributed by atoms with E-state index in [0.717, 1.165) is 18.4 Å². The lowest BCUT2D eigenvalue weighted by Crippen LogP contribution is -2.11. The van der Waals surface area contributed by atoms with Gasteiger partial charge >= 0.3 is 0 Å². The molecule has 3 nitrogen and oxygen atoms in total. The lowest BCUT2D eigenvalue weighted by atomic mass is 9.90. The fourth-order valence-corrected chi connectivity index (χ4v) is 2.03. The van der Waals surface area contributed by atoms with Crippen molar-refractivity contribution in [2.45, 2.75) is 33.1 Å². The van der Waals surface area contributed by atoms with E-state index in [1.54, 1.807) is 6.92 Å². The monoisotopic (exact) mass is 192 g/mol. The first-order valence-corrected chi connectivity index (χ1v) is 4.77. The van der Waals surface area contributed by atoms with Crippen molar-refractivity contribution < 1.29 is 14.0 Å². The molecule has 0 atom stereocenters. The summed E-state index contributed by atoms with van der Waals surface area (Å²) in [7, 11) is 0. The minimum absolute atomic E-state index is 0.0935. The molecule has 0 saturated heterocycles. The molecule has 1 heterocycles. The third-order valence-corrected chi connectivity index (χ3v) is 2.61. The average Bonchev–Trinajstić information content (AvgIpc) is 2.45. The van der Waals surface area contributed by atoms with Gasteiger partial charge in [-0.1, -0.05) is 0 Å². The van der Waals surface area contributed by atoms with Crippen LogP contribution in [0.15, 0.2) is 4.42 Å². The largest absolute Gasteiger partial charge is 0.457 e. The third kappa shape index (κ3) is 1.20. The van der Waals surface area contributed by atoms with Gasteiger partial charge in [-0.3, -0.25) is 9.59 Å². The standard InChI is InChI=1S/C11H12O3/c1-6(12)11-8-4-3-5-9(13)10(8)7(2)14-11/h3-5H2,1-2H3. The lowest BCUT2D eigenvalue weighted by molar-refractivity contribution is 0.0970. The highest BCUT2D eigenvalue weighted by Crippen LogP contribution is 2.29. The van der Waals surface area contributed by atoms with Gasteiger partial charge in [0.2, 0.25) is 0 Å². The Labute approximate surface area is 82.1 Å². The summed E-state index contributed by atoms with van der Waals surface area (Å²) in [6.45, 7) is 3.21. The Balaban J connectivity index is 2.63. The van der Waals surface area contributed by atoms with Crippen molar-refractivity contribution in [3.8, 4) is 0 Å². The highest BCUT2D eigenvalue weighted by molar-refractivity contribution is 6.03. The third-order valence-electron chi connectivity index (χ3n) is 2.61. The number of fused-ring (bicyclic) bond motifs is 1. The number of furan rings is 1. The number of Topliss-reactive ketones (excluding diaryl/α,β-unsaturated/α-hetero) is 2. The zero-order valence-electron chi connectivity index (χ0n) is 8.35. The van der Waals surface area contributed by atoms with E-state index in [-0.39, 0.29) is 11.6 Å². The maximum Gasteiger partial charge on any atom is 0.195 e. The van der Waals surface area contributed by atoms with Gasteiger partial charge in [-0.15, -0.1) is 0 Å². The van der Waals surface area contributed by atoms with Crippen LogP contribution in [-0.2, 0) is 6.42 Å². The molecule has 0 bridgehead atoms. The highest BCUT2D eigenvalue weighted by Gasteiger charge is 2.27. The van der Waals surface area contributed by atoms with Gasteiger partial charge in [-0.05, 0) is 19.8 Å². The number of hydrogen-bond acceptors (Lipinski definition) is 3. The van der Waals surface area contributed by atoms with Crippen LogP contribution in [-0.4, -0.2) is 11.6 Å². The predicted molar refractivity (Wildman–Crippen MR) is 50.7 cm³/mol. The van der Waals surface area contributed by atoms with Gasteiger partial charge in [0, 0.05) is 18.9 Å². The van der Waals surface area contributed by atoms with Crippen LogP contribution in [0.5, 0.6) is 0 Å². The molecule has 0 N–H and O–H groups in total. The molecule has 1 aromatic heterocycles. The van der Waals surface area contributed by atoms with Crippen molar-refractivity contribution in [3.63, 3.8) is 0 Å². The molecule has 0 aliphatic heterocycles. The Hall–Kier alpha value is -1.38. The van der Waals surface area contributed by atoms with Gasteiger partial charge in [-0.25, -0.2) is 0 Å². The van der Waals surface area contributed by atoms with Crippen molar-refractivity contribution in [2.24, 2.45) is 0 Å². The molecule has 0 spiro atoms. The van der Waals surface area contributed by atoms with Crippen LogP contribution in [0.2, 0.25) is 0 Å². The van der Waals surface area contributed by atoms with Crippen LogP contribution in [0, 0.1) is 6.92 Å². The first-order valence-electron chi connectivity index (χ1n) is 4.77. The molecular weight excluding hydrogens is 180 g/mol. The summed E-state index contributed by atoms with van der Waals surface area (Å²) in [4.78, 5) is 22.8. The number of hydrogen-bond donors (Lipinski definition) is 0. The van der Waals surface area contributed by atoms with Gasteiger partial charge < -0.3 is 4.42 Å². The smallest absolute Gasteiger partial charge is 0.195 e. The van der Waals surface area contributed by atoms with E-state index < -0.39 is 0 Å². The summed E-state index contributed by atoms with van der Waals surface area (Å²) in [5.74, 6) is 0.990. The first-order chi connectivity index (χ1) is 6.61. The summed E-state index contributed by atoms with van der Waals surface area (Å²) < 4.78 is 5.33. The highest BCUT2D eigenvalue weighted by atomic mass is 16.3. The molecule has 3 heteroatoms. The van der Waals surface area contributed by atoms with Crippen molar-refractivity contribution in [2.75, 3.05) is 0 Å². The predicted octanol–water partition coefficient (Wildman–Crippen LogP) is 2.31. The van der Waals surface area contributed by atoms with E-state index in [4.69, 9.17) is 4.42 Å². The molecule has 2 rings (SSSR count). The Morgan fingerprint density at radius 1 is 1.36 bits per heavy atom. The van der Waals surface area contributed by atoms with Crippen LogP contribution in [0.3, 0.4) is 0 Å². The Kier molecular flexibility index (Phi) is 2.02. The van der Waals surface area contributed by atoms with Crippen molar-refractivity contribution in [3.05, 3.63) is 22.6 Å². The van der Waals surface area contributed by atoms with E-state index in [9.17, 15) is 9.59 Å². The number of aryl methyl sites for hydroxylation is 1. The minimum atomic E-state index is -0.0935. The average molecular weight is 192 g/mol. The van der Waals surface area contributed by atoms with Crippen molar-refractivity contribution >= 4 is 11.6 Å². The normalized spacial score (nSPS) is 15.4. The molecule has 1 aliphatic carbocycles. The molecule has 1 aromatic rings. The van der Waals surface area contributed by atoms with Crippen LogP contribution in [0.25, 0.3) is 0 Å². The minimum Gasteiger partial charge on any atom is -0.457 e. The van der Waals surface area contributed by atoms with E-state index >= 15 is 0 Å². The second-order valence-electron chi connectivity index (χ2n) is 3.67. The molecule has 0 aromatic carbocycles. The molecule has 0 saturated carbocycles. The van der Waals surface area contributed by atoms with Gasteiger partial charge in [0.25, 0.3) is 0 Å². The van der Waals surface area contributed by atoms with E-state index in [1.807, 2.05) is 0 Å². The van der Waals surface area contributed by atoms with E-state index in [0.29, 0.717) is 23.5 Å². The summed E-state index contributed by atoms with van der Waals surface area (Å²) >= 11 is 0. The molecule has 0 fully saturated rings. The van der Waals surface area contributed by atoms with Gasteiger partial charge in [0.1, 0.15) is 5.76 Å². The Morgan fingerprint density at radius 2 is 2.07 bits per heavy atom. The molecule has 0 unspecified atom stereocenters. The van der Waals surface area contributed by atoms with Crippen LogP contribution in [0.4, 0.5) is 0 Å².